The van der Waals surface area contributed by atoms with Crippen LogP contribution in [-0.4, -0.2) is 23.3 Å². The number of nitrogens with one attached hydrogen (secondary N) is 1. The second-order valence-corrected chi connectivity index (χ2v) is 5.07. The Morgan fingerprint density at radius 2 is 1.94 bits per heavy atom. The van der Waals surface area contributed by atoms with Gasteiger partial charge in [-0.3, -0.25) is 0 Å². The molecule has 0 aliphatic heterocycles. The van der Waals surface area contributed by atoms with Crippen molar-refractivity contribution in [3.8, 4) is 0 Å². The van der Waals surface area contributed by atoms with E-state index in [0.717, 1.165) is 0 Å². The Morgan fingerprint density at radius 3 is 2.44 bits per heavy atom. The minimum atomic E-state index is -0.780. The third-order valence-electron chi connectivity index (χ3n) is 2.16. The molecule has 0 aromatic heterocycles. The first-order valence-electron chi connectivity index (χ1n) is 5.78. The maximum Gasteiger partial charge on any atom is 0.407 e. The van der Waals surface area contributed by atoms with Crippen LogP contribution < -0.4 is 11.1 Å². The van der Waals surface area contributed by atoms with Crippen molar-refractivity contribution in [3.63, 3.8) is 0 Å². The molecule has 1 unspecified atom stereocenters. The first-order chi connectivity index (χ1) is 8.28. The van der Waals surface area contributed by atoms with Crippen molar-refractivity contribution >= 4 is 11.8 Å². The van der Waals surface area contributed by atoms with Crippen molar-refractivity contribution < 1.29 is 14.6 Å². The number of aliphatic hydroxyl groups is 1. The quantitative estimate of drug-likeness (QED) is 0.716. The summed E-state index contributed by atoms with van der Waals surface area (Å²) in [5, 5.41) is 12.4. The molecule has 1 rings (SSSR count). The number of benzene rings is 1. The lowest BCUT2D eigenvalue weighted by Gasteiger charge is -2.20. The number of hydrogen-bond acceptors (Lipinski definition) is 4. The van der Waals surface area contributed by atoms with Crippen LogP contribution >= 0.6 is 0 Å². The molecule has 0 aliphatic carbocycles. The highest BCUT2D eigenvalue weighted by Crippen LogP contribution is 2.14. The fourth-order valence-electron chi connectivity index (χ4n) is 1.33. The van der Waals surface area contributed by atoms with E-state index in [1.807, 2.05) is 0 Å². The highest BCUT2D eigenvalue weighted by atomic mass is 16.6. The predicted octanol–water partition coefficient (Wildman–Crippen LogP) is 1.83. The first-order valence-corrected chi connectivity index (χ1v) is 5.78. The Morgan fingerprint density at radius 1 is 1.39 bits per heavy atom. The second kappa shape index (κ2) is 5.73. The molecule has 1 aromatic carbocycles. The van der Waals surface area contributed by atoms with E-state index in [4.69, 9.17) is 10.5 Å². The summed E-state index contributed by atoms with van der Waals surface area (Å²) in [7, 11) is 0. The van der Waals surface area contributed by atoms with Crippen LogP contribution in [0, 0.1) is 0 Å². The van der Waals surface area contributed by atoms with Gasteiger partial charge in [-0.25, -0.2) is 4.79 Å². The predicted molar refractivity (Wildman–Crippen MR) is 70.1 cm³/mol. The number of aliphatic hydroxyl groups excluding tert-OH is 1. The molecule has 100 valence electrons. The molecule has 18 heavy (non-hydrogen) atoms. The maximum absolute atomic E-state index is 11.4. The molecule has 1 aromatic rings. The Labute approximate surface area is 107 Å². The van der Waals surface area contributed by atoms with E-state index in [1.54, 1.807) is 45.0 Å². The molecule has 5 heteroatoms. The van der Waals surface area contributed by atoms with Gasteiger partial charge in [0.25, 0.3) is 0 Å². The molecular weight excluding hydrogens is 232 g/mol. The SMILES string of the molecule is CC(C)(C)OC(=O)NCC(O)c1ccc(N)cc1. The molecule has 0 spiro atoms. The topological polar surface area (TPSA) is 84.6 Å². The molecule has 4 N–H and O–H groups in total. The van der Waals surface area contributed by atoms with Crippen LogP contribution in [0.5, 0.6) is 0 Å². The Bertz CT molecular complexity index is 396. The second-order valence-electron chi connectivity index (χ2n) is 5.07. The molecular formula is C13H20N2O3. The molecule has 0 aliphatic rings. The number of rotatable bonds is 3. The normalized spacial score (nSPS) is 12.9. The summed E-state index contributed by atoms with van der Waals surface area (Å²) < 4.78 is 5.06. The average molecular weight is 252 g/mol. The van der Waals surface area contributed by atoms with E-state index in [2.05, 4.69) is 5.32 Å². The number of nitrogens with two attached hydrogens (primary N) is 1. The van der Waals surface area contributed by atoms with Gasteiger partial charge in [-0.1, -0.05) is 12.1 Å². The van der Waals surface area contributed by atoms with Crippen molar-refractivity contribution in [3.05, 3.63) is 29.8 Å². The molecule has 0 fully saturated rings. The monoisotopic (exact) mass is 252 g/mol. The van der Waals surface area contributed by atoms with E-state index < -0.39 is 17.8 Å². The van der Waals surface area contributed by atoms with Gasteiger partial charge in [0.15, 0.2) is 0 Å². The number of amides is 1. The Hall–Kier alpha value is -1.75. The highest BCUT2D eigenvalue weighted by molar-refractivity contribution is 5.67. The number of anilines is 1. The third kappa shape index (κ3) is 5.05. The van der Waals surface area contributed by atoms with Gasteiger partial charge in [-0.2, -0.15) is 0 Å². The van der Waals surface area contributed by atoms with Crippen LogP contribution in [0.3, 0.4) is 0 Å². The van der Waals surface area contributed by atoms with Gasteiger partial charge >= 0.3 is 6.09 Å². The van der Waals surface area contributed by atoms with Crippen molar-refractivity contribution in [2.45, 2.75) is 32.5 Å². The van der Waals surface area contributed by atoms with Gasteiger partial charge in [-0.05, 0) is 38.5 Å². The lowest BCUT2D eigenvalue weighted by Crippen LogP contribution is -2.34. The number of ether oxygens (including phenoxy) is 1. The van der Waals surface area contributed by atoms with Crippen molar-refractivity contribution in [1.82, 2.24) is 5.32 Å². The van der Waals surface area contributed by atoms with Crippen LogP contribution in [0.25, 0.3) is 0 Å². The summed E-state index contributed by atoms with van der Waals surface area (Å²) in [6.45, 7) is 5.44. The molecule has 0 heterocycles. The fourth-order valence-corrected chi connectivity index (χ4v) is 1.33. The fraction of sp³-hybridized carbons (Fsp3) is 0.462. The van der Waals surface area contributed by atoms with Crippen molar-refractivity contribution in [1.29, 1.82) is 0 Å². The lowest BCUT2D eigenvalue weighted by atomic mass is 10.1. The van der Waals surface area contributed by atoms with Crippen molar-refractivity contribution in [2.75, 3.05) is 12.3 Å². The number of nitrogen functional groups attached to an aromatic ring is 1. The summed E-state index contributed by atoms with van der Waals surface area (Å²) in [5.41, 5.74) is 6.33. The summed E-state index contributed by atoms with van der Waals surface area (Å²) >= 11 is 0. The number of carbonyl (C=O) groups excluding carboxylic acids is 1. The number of alkyl carbamates (subject to hydrolysis) is 1. The van der Waals surface area contributed by atoms with E-state index >= 15 is 0 Å². The highest BCUT2D eigenvalue weighted by Gasteiger charge is 2.17. The van der Waals surface area contributed by atoms with Gasteiger partial charge < -0.3 is 20.9 Å². The maximum atomic E-state index is 11.4. The van der Waals surface area contributed by atoms with Crippen LogP contribution in [0.2, 0.25) is 0 Å². The summed E-state index contributed by atoms with van der Waals surface area (Å²) in [6.07, 6.45) is -1.32. The molecule has 0 saturated carbocycles. The van der Waals surface area contributed by atoms with Crippen LogP contribution in [0.15, 0.2) is 24.3 Å². The van der Waals surface area contributed by atoms with Crippen LogP contribution in [-0.2, 0) is 4.74 Å². The summed E-state index contributed by atoms with van der Waals surface area (Å²) in [6, 6.07) is 6.84. The van der Waals surface area contributed by atoms with Crippen LogP contribution in [0.4, 0.5) is 10.5 Å². The molecule has 0 bridgehead atoms. The van der Waals surface area contributed by atoms with Gasteiger partial charge in [-0.15, -0.1) is 0 Å². The van der Waals surface area contributed by atoms with E-state index in [-0.39, 0.29) is 6.54 Å². The van der Waals surface area contributed by atoms with Gasteiger partial charge in [0.05, 0.1) is 12.6 Å². The molecule has 1 atom stereocenters. The zero-order valence-electron chi connectivity index (χ0n) is 10.9. The largest absolute Gasteiger partial charge is 0.444 e. The molecule has 1 amide bonds. The summed E-state index contributed by atoms with van der Waals surface area (Å²) in [4.78, 5) is 11.4. The number of carbonyl (C=O) groups is 1. The summed E-state index contributed by atoms with van der Waals surface area (Å²) in [5.74, 6) is 0. The molecule has 5 nitrogen and oxygen atoms in total. The third-order valence-corrected chi connectivity index (χ3v) is 2.16. The standard InChI is InChI=1S/C13H20N2O3/c1-13(2,3)18-12(17)15-8-11(16)9-4-6-10(14)7-5-9/h4-7,11,16H,8,14H2,1-3H3,(H,15,17). The van der Waals surface area contributed by atoms with Gasteiger partial charge in [0.2, 0.25) is 0 Å². The first kappa shape index (κ1) is 14.3. The Kier molecular flexibility index (Phi) is 4.55. The van der Waals surface area contributed by atoms with Gasteiger partial charge in [0.1, 0.15) is 5.60 Å². The minimum Gasteiger partial charge on any atom is -0.444 e. The van der Waals surface area contributed by atoms with E-state index in [1.165, 1.54) is 0 Å². The zero-order valence-corrected chi connectivity index (χ0v) is 10.9. The minimum absolute atomic E-state index is 0.0961. The smallest absolute Gasteiger partial charge is 0.407 e. The molecule has 0 radical (unpaired) electrons. The van der Waals surface area contributed by atoms with E-state index in [9.17, 15) is 9.90 Å². The van der Waals surface area contributed by atoms with Gasteiger partial charge in [0, 0.05) is 5.69 Å². The Balaban J connectivity index is 2.44. The lowest BCUT2D eigenvalue weighted by molar-refractivity contribution is 0.0492. The van der Waals surface area contributed by atoms with Crippen LogP contribution in [0.1, 0.15) is 32.4 Å². The average Bonchev–Trinajstić information content (AvgIpc) is 2.24. The molecule has 0 saturated heterocycles. The van der Waals surface area contributed by atoms with E-state index in [0.29, 0.717) is 11.3 Å². The number of hydrogen-bond donors (Lipinski definition) is 3. The zero-order chi connectivity index (χ0) is 13.8. The van der Waals surface area contributed by atoms with Crippen molar-refractivity contribution in [2.24, 2.45) is 0 Å².